The topological polar surface area (TPSA) is 79.6 Å². The number of methoxy groups -OCH3 is 1. The van der Waals surface area contributed by atoms with Crippen LogP contribution in [0.1, 0.15) is 32.9 Å². The van der Waals surface area contributed by atoms with Crippen LogP contribution in [0.15, 0.2) is 78.9 Å². The van der Waals surface area contributed by atoms with Crippen molar-refractivity contribution in [2.75, 3.05) is 20.3 Å². The SMILES string of the molecule is COc1ccc2cc(CN3CCc4c(c(C(=O)NCc5cccc6ccccc56)nn4CCO)C3)ccc2c1. The Kier molecular flexibility index (Phi) is 7.00. The number of hydrogen-bond acceptors (Lipinski definition) is 5. The Hall–Kier alpha value is -4.20. The lowest BCUT2D eigenvalue weighted by molar-refractivity contribution is 0.0942. The summed E-state index contributed by atoms with van der Waals surface area (Å²) >= 11 is 0. The van der Waals surface area contributed by atoms with Crippen LogP contribution in [-0.2, 0) is 32.6 Å². The first-order valence-corrected chi connectivity index (χ1v) is 13.4. The molecule has 2 heterocycles. The van der Waals surface area contributed by atoms with Gasteiger partial charge >= 0.3 is 0 Å². The molecule has 7 heteroatoms. The number of carbonyl (C=O) groups excluding carboxylic acids is 1. The molecule has 0 unspecified atom stereocenters. The van der Waals surface area contributed by atoms with Crippen molar-refractivity contribution >= 4 is 27.5 Å². The van der Waals surface area contributed by atoms with Gasteiger partial charge in [-0.1, -0.05) is 60.7 Å². The number of fused-ring (bicyclic) bond motifs is 3. The van der Waals surface area contributed by atoms with Gasteiger partial charge in [-0.3, -0.25) is 14.4 Å². The van der Waals surface area contributed by atoms with Crippen molar-refractivity contribution in [3.05, 3.63) is 107 Å². The summed E-state index contributed by atoms with van der Waals surface area (Å²) in [5.41, 5.74) is 4.74. The van der Waals surface area contributed by atoms with Gasteiger partial charge < -0.3 is 15.2 Å². The smallest absolute Gasteiger partial charge is 0.272 e. The van der Waals surface area contributed by atoms with Crippen molar-refractivity contribution in [1.29, 1.82) is 0 Å². The van der Waals surface area contributed by atoms with Crippen molar-refractivity contribution in [2.24, 2.45) is 0 Å². The zero-order valence-electron chi connectivity index (χ0n) is 22.1. The van der Waals surface area contributed by atoms with Crippen molar-refractivity contribution in [1.82, 2.24) is 20.0 Å². The van der Waals surface area contributed by atoms with E-state index in [4.69, 9.17) is 4.74 Å². The lowest BCUT2D eigenvalue weighted by Crippen LogP contribution is -2.32. The maximum absolute atomic E-state index is 13.4. The van der Waals surface area contributed by atoms with Crippen LogP contribution in [0.4, 0.5) is 0 Å². The molecule has 0 saturated carbocycles. The minimum Gasteiger partial charge on any atom is -0.497 e. The largest absolute Gasteiger partial charge is 0.497 e. The van der Waals surface area contributed by atoms with E-state index in [0.29, 0.717) is 25.3 Å². The molecule has 0 fully saturated rings. The first-order chi connectivity index (χ1) is 19.1. The van der Waals surface area contributed by atoms with Crippen LogP contribution in [0, 0.1) is 0 Å². The van der Waals surface area contributed by atoms with Crippen LogP contribution < -0.4 is 10.1 Å². The highest BCUT2D eigenvalue weighted by atomic mass is 16.5. The van der Waals surface area contributed by atoms with Crippen LogP contribution >= 0.6 is 0 Å². The monoisotopic (exact) mass is 520 g/mol. The molecule has 0 bridgehead atoms. The first kappa shape index (κ1) is 25.1. The van der Waals surface area contributed by atoms with Crippen LogP contribution in [0.5, 0.6) is 5.75 Å². The molecule has 0 spiro atoms. The number of aromatic nitrogens is 2. The second kappa shape index (κ2) is 10.9. The van der Waals surface area contributed by atoms with Gasteiger partial charge in [0.2, 0.25) is 0 Å². The Bertz CT molecular complexity index is 1650. The number of aliphatic hydroxyl groups excluding tert-OH is 1. The lowest BCUT2D eigenvalue weighted by Gasteiger charge is -2.28. The predicted octanol–water partition coefficient (Wildman–Crippen LogP) is 4.68. The number of nitrogens with one attached hydrogen (secondary N) is 1. The lowest BCUT2D eigenvalue weighted by atomic mass is 10.0. The summed E-state index contributed by atoms with van der Waals surface area (Å²) in [4.78, 5) is 15.8. The molecule has 1 aromatic heterocycles. The van der Waals surface area contributed by atoms with Gasteiger partial charge in [-0.2, -0.15) is 5.10 Å². The fraction of sp³-hybridized carbons (Fsp3) is 0.250. The Morgan fingerprint density at radius 3 is 2.69 bits per heavy atom. The number of hydrogen-bond donors (Lipinski definition) is 2. The van der Waals surface area contributed by atoms with Crippen LogP contribution in [0.25, 0.3) is 21.5 Å². The van der Waals surface area contributed by atoms with E-state index < -0.39 is 0 Å². The third-order valence-corrected chi connectivity index (χ3v) is 7.58. The van der Waals surface area contributed by atoms with E-state index in [1.165, 1.54) is 10.9 Å². The normalized spacial score (nSPS) is 13.5. The van der Waals surface area contributed by atoms with Crippen molar-refractivity contribution in [2.45, 2.75) is 32.6 Å². The molecule has 1 aliphatic rings. The Balaban J connectivity index is 1.21. The molecule has 0 aliphatic carbocycles. The highest BCUT2D eigenvalue weighted by Gasteiger charge is 2.28. The van der Waals surface area contributed by atoms with E-state index in [9.17, 15) is 9.90 Å². The molecule has 6 rings (SSSR count). The molecule has 0 saturated heterocycles. The van der Waals surface area contributed by atoms with Crippen molar-refractivity contribution < 1.29 is 14.6 Å². The summed E-state index contributed by atoms with van der Waals surface area (Å²) in [6.07, 6.45) is 0.781. The first-order valence-electron chi connectivity index (χ1n) is 13.4. The van der Waals surface area contributed by atoms with E-state index in [0.717, 1.165) is 58.2 Å². The number of carbonyl (C=O) groups is 1. The Morgan fingerprint density at radius 2 is 1.82 bits per heavy atom. The number of amides is 1. The Morgan fingerprint density at radius 1 is 1.00 bits per heavy atom. The molecule has 0 atom stereocenters. The van der Waals surface area contributed by atoms with Gasteiger partial charge in [0.15, 0.2) is 5.69 Å². The minimum absolute atomic E-state index is 0.0171. The van der Waals surface area contributed by atoms with Crippen LogP contribution in [-0.4, -0.2) is 46.0 Å². The molecule has 1 amide bonds. The molecule has 7 nitrogen and oxygen atoms in total. The molecule has 1 aliphatic heterocycles. The number of ether oxygens (including phenoxy) is 1. The predicted molar refractivity (Wildman–Crippen MR) is 153 cm³/mol. The van der Waals surface area contributed by atoms with E-state index in [1.54, 1.807) is 7.11 Å². The van der Waals surface area contributed by atoms with Crippen molar-refractivity contribution in [3.63, 3.8) is 0 Å². The number of rotatable bonds is 8. The summed E-state index contributed by atoms with van der Waals surface area (Å²) in [5, 5.41) is 22.0. The highest BCUT2D eigenvalue weighted by molar-refractivity contribution is 5.94. The number of benzene rings is 4. The van der Waals surface area contributed by atoms with Gasteiger partial charge in [-0.05, 0) is 50.9 Å². The van der Waals surface area contributed by atoms with Gasteiger partial charge in [-0.15, -0.1) is 0 Å². The standard InChI is InChI=1S/C32H32N4O3/c1-39-27-12-11-24-17-22(9-10-25(24)18-27)20-35-14-13-30-29(21-35)31(34-36(30)15-16-37)32(38)33-19-26-7-4-6-23-5-2-3-8-28(23)26/h2-12,17-18,37H,13-16,19-21H2,1H3,(H,33,38). The van der Waals surface area contributed by atoms with E-state index in [-0.39, 0.29) is 12.5 Å². The minimum atomic E-state index is -0.183. The maximum Gasteiger partial charge on any atom is 0.272 e. The summed E-state index contributed by atoms with van der Waals surface area (Å²) in [6.45, 7) is 3.07. The molecular formula is C32H32N4O3. The molecule has 198 valence electrons. The zero-order valence-corrected chi connectivity index (χ0v) is 22.1. The van der Waals surface area contributed by atoms with Crippen LogP contribution in [0.3, 0.4) is 0 Å². The zero-order chi connectivity index (χ0) is 26.8. The fourth-order valence-electron chi connectivity index (χ4n) is 5.61. The molecule has 2 N–H and O–H groups in total. The van der Waals surface area contributed by atoms with Gasteiger partial charge in [0.1, 0.15) is 5.75 Å². The summed E-state index contributed by atoms with van der Waals surface area (Å²) < 4.78 is 7.16. The number of nitrogens with zero attached hydrogens (tertiary/aromatic N) is 3. The molecule has 0 radical (unpaired) electrons. The molecule has 39 heavy (non-hydrogen) atoms. The van der Waals surface area contributed by atoms with E-state index in [2.05, 4.69) is 57.8 Å². The van der Waals surface area contributed by atoms with Gasteiger partial charge in [0, 0.05) is 43.9 Å². The second-order valence-electron chi connectivity index (χ2n) is 10.0. The molecule has 5 aromatic rings. The Labute approximate surface area is 227 Å². The summed E-state index contributed by atoms with van der Waals surface area (Å²) in [5.74, 6) is 0.669. The van der Waals surface area contributed by atoms with Gasteiger partial charge in [0.25, 0.3) is 5.91 Å². The second-order valence-corrected chi connectivity index (χ2v) is 10.0. The van der Waals surface area contributed by atoms with Gasteiger partial charge in [-0.25, -0.2) is 0 Å². The average Bonchev–Trinajstić information content (AvgIpc) is 3.33. The number of aliphatic hydroxyl groups is 1. The quantitative estimate of drug-likeness (QED) is 0.311. The van der Waals surface area contributed by atoms with E-state index in [1.807, 2.05) is 41.1 Å². The average molecular weight is 521 g/mol. The third kappa shape index (κ3) is 5.11. The van der Waals surface area contributed by atoms with Gasteiger partial charge in [0.05, 0.1) is 20.3 Å². The van der Waals surface area contributed by atoms with E-state index >= 15 is 0 Å². The molecular weight excluding hydrogens is 488 g/mol. The summed E-state index contributed by atoms with van der Waals surface area (Å²) in [6, 6.07) is 27.0. The van der Waals surface area contributed by atoms with Crippen LogP contribution in [0.2, 0.25) is 0 Å². The maximum atomic E-state index is 13.4. The fourth-order valence-corrected chi connectivity index (χ4v) is 5.61. The third-order valence-electron chi connectivity index (χ3n) is 7.58. The highest BCUT2D eigenvalue weighted by Crippen LogP contribution is 2.27. The molecule has 4 aromatic carbocycles. The van der Waals surface area contributed by atoms with Crippen molar-refractivity contribution in [3.8, 4) is 5.75 Å². The summed E-state index contributed by atoms with van der Waals surface area (Å²) in [7, 11) is 1.68.